The van der Waals surface area contributed by atoms with E-state index in [0.29, 0.717) is 13.2 Å². The topological polar surface area (TPSA) is 47.9 Å². The molecule has 2 atom stereocenters. The molecule has 1 aromatic rings. The van der Waals surface area contributed by atoms with Gasteiger partial charge < -0.3 is 19.3 Å². The van der Waals surface area contributed by atoms with Crippen LogP contribution in [0.5, 0.6) is 5.75 Å². The number of aliphatic hydroxyl groups excluding tert-OH is 1. The Hall–Kier alpha value is -1.10. The van der Waals surface area contributed by atoms with E-state index >= 15 is 0 Å². The van der Waals surface area contributed by atoms with Gasteiger partial charge in [0.1, 0.15) is 5.75 Å². The second-order valence-corrected chi connectivity index (χ2v) is 5.16. The van der Waals surface area contributed by atoms with Gasteiger partial charge in [0.05, 0.1) is 25.9 Å². The van der Waals surface area contributed by atoms with Gasteiger partial charge in [0.15, 0.2) is 0 Å². The second-order valence-electron chi connectivity index (χ2n) is 5.16. The molecule has 0 aromatic heterocycles. The molecule has 4 heteroatoms. The van der Waals surface area contributed by atoms with E-state index in [1.165, 1.54) is 0 Å². The van der Waals surface area contributed by atoms with E-state index in [-0.39, 0.29) is 12.2 Å². The average Bonchev–Trinajstić information content (AvgIpc) is 2.69. The molecule has 20 heavy (non-hydrogen) atoms. The first-order chi connectivity index (χ1) is 9.79. The molecular formula is C16H24O4. The van der Waals surface area contributed by atoms with Crippen molar-refractivity contribution in [3.05, 3.63) is 29.8 Å². The highest BCUT2D eigenvalue weighted by Gasteiger charge is 2.21. The van der Waals surface area contributed by atoms with Crippen molar-refractivity contribution >= 4 is 0 Å². The van der Waals surface area contributed by atoms with Gasteiger partial charge in [-0.25, -0.2) is 0 Å². The van der Waals surface area contributed by atoms with Crippen molar-refractivity contribution in [1.29, 1.82) is 0 Å². The number of hydrogen-bond donors (Lipinski definition) is 1. The van der Waals surface area contributed by atoms with Crippen LogP contribution in [-0.4, -0.2) is 37.6 Å². The standard InChI is InChI=1S/C16H24O4/c1-18-14-7-5-13(6-8-14)12-19-11-9-16-15(17)4-2-3-10-20-16/h5-8,15-17H,2-4,9-12H2,1H3/t15-,16+/m1/s1. The van der Waals surface area contributed by atoms with Crippen molar-refractivity contribution in [2.45, 2.75) is 44.5 Å². The Morgan fingerprint density at radius 3 is 2.80 bits per heavy atom. The number of ether oxygens (including phenoxy) is 3. The van der Waals surface area contributed by atoms with Gasteiger partial charge in [-0.1, -0.05) is 12.1 Å². The monoisotopic (exact) mass is 280 g/mol. The minimum atomic E-state index is -0.345. The Labute approximate surface area is 120 Å². The van der Waals surface area contributed by atoms with Crippen LogP contribution in [0.25, 0.3) is 0 Å². The van der Waals surface area contributed by atoms with E-state index in [4.69, 9.17) is 14.2 Å². The molecular weight excluding hydrogens is 256 g/mol. The molecule has 0 radical (unpaired) electrons. The molecule has 4 nitrogen and oxygen atoms in total. The normalized spacial score (nSPS) is 23.3. The zero-order chi connectivity index (χ0) is 14.2. The minimum absolute atomic E-state index is 0.0756. The van der Waals surface area contributed by atoms with Crippen LogP contribution >= 0.6 is 0 Å². The number of hydrogen-bond acceptors (Lipinski definition) is 4. The Bertz CT molecular complexity index is 377. The fraction of sp³-hybridized carbons (Fsp3) is 0.625. The largest absolute Gasteiger partial charge is 0.497 e. The van der Waals surface area contributed by atoms with Crippen molar-refractivity contribution < 1.29 is 19.3 Å². The first kappa shape index (κ1) is 15.3. The Kier molecular flexibility index (Phi) is 6.30. The number of aliphatic hydroxyl groups is 1. The summed E-state index contributed by atoms with van der Waals surface area (Å²) >= 11 is 0. The van der Waals surface area contributed by atoms with Gasteiger partial charge in [-0.15, -0.1) is 0 Å². The highest BCUT2D eigenvalue weighted by atomic mass is 16.5. The van der Waals surface area contributed by atoms with Crippen LogP contribution in [0.1, 0.15) is 31.2 Å². The predicted octanol–water partition coefficient (Wildman–Crippen LogP) is 2.53. The van der Waals surface area contributed by atoms with E-state index in [0.717, 1.165) is 43.6 Å². The predicted molar refractivity (Wildman–Crippen MR) is 76.9 cm³/mol. The third-order valence-electron chi connectivity index (χ3n) is 3.63. The van der Waals surface area contributed by atoms with Crippen molar-refractivity contribution in [2.75, 3.05) is 20.3 Å². The Morgan fingerprint density at radius 2 is 2.05 bits per heavy atom. The molecule has 1 aliphatic rings. The molecule has 0 saturated carbocycles. The van der Waals surface area contributed by atoms with E-state index in [9.17, 15) is 5.11 Å². The molecule has 1 saturated heterocycles. The summed E-state index contributed by atoms with van der Waals surface area (Å²) in [6.45, 7) is 1.93. The molecule has 1 aliphatic heterocycles. The third kappa shape index (κ3) is 4.78. The molecule has 1 aromatic carbocycles. The van der Waals surface area contributed by atoms with Crippen molar-refractivity contribution in [3.8, 4) is 5.75 Å². The van der Waals surface area contributed by atoms with Gasteiger partial charge in [-0.3, -0.25) is 0 Å². The molecule has 0 amide bonds. The summed E-state index contributed by atoms with van der Waals surface area (Å²) in [5.41, 5.74) is 1.12. The van der Waals surface area contributed by atoms with Crippen LogP contribution in [0.4, 0.5) is 0 Å². The van der Waals surface area contributed by atoms with E-state index in [2.05, 4.69) is 0 Å². The lowest BCUT2D eigenvalue weighted by molar-refractivity contribution is -0.0439. The first-order valence-electron chi connectivity index (χ1n) is 7.30. The van der Waals surface area contributed by atoms with Crippen LogP contribution < -0.4 is 4.74 Å². The molecule has 0 spiro atoms. The average molecular weight is 280 g/mol. The SMILES string of the molecule is COc1ccc(COCC[C@@H]2OCCCC[C@H]2O)cc1. The van der Waals surface area contributed by atoms with Gasteiger partial charge in [0, 0.05) is 13.2 Å². The summed E-state index contributed by atoms with van der Waals surface area (Å²) in [4.78, 5) is 0. The number of benzene rings is 1. The summed E-state index contributed by atoms with van der Waals surface area (Å²) in [6, 6.07) is 7.85. The van der Waals surface area contributed by atoms with Gasteiger partial charge in [0.25, 0.3) is 0 Å². The smallest absolute Gasteiger partial charge is 0.118 e. The summed E-state index contributed by atoms with van der Waals surface area (Å²) < 4.78 is 16.4. The lowest BCUT2D eigenvalue weighted by atomic mass is 10.1. The van der Waals surface area contributed by atoms with Crippen LogP contribution in [0.15, 0.2) is 24.3 Å². The van der Waals surface area contributed by atoms with E-state index in [1.807, 2.05) is 24.3 Å². The fourth-order valence-corrected chi connectivity index (χ4v) is 2.37. The van der Waals surface area contributed by atoms with Crippen molar-refractivity contribution in [1.82, 2.24) is 0 Å². The highest BCUT2D eigenvalue weighted by molar-refractivity contribution is 5.26. The third-order valence-corrected chi connectivity index (χ3v) is 3.63. The van der Waals surface area contributed by atoms with Crippen LogP contribution in [0, 0.1) is 0 Å². The van der Waals surface area contributed by atoms with E-state index in [1.54, 1.807) is 7.11 Å². The lowest BCUT2D eigenvalue weighted by Gasteiger charge is -2.20. The first-order valence-corrected chi connectivity index (χ1v) is 7.30. The van der Waals surface area contributed by atoms with Gasteiger partial charge in [-0.05, 0) is 43.4 Å². The second kappa shape index (κ2) is 8.25. The van der Waals surface area contributed by atoms with Crippen molar-refractivity contribution in [3.63, 3.8) is 0 Å². The van der Waals surface area contributed by atoms with E-state index < -0.39 is 0 Å². The van der Waals surface area contributed by atoms with Crippen LogP contribution in [-0.2, 0) is 16.1 Å². The molecule has 0 aliphatic carbocycles. The maximum absolute atomic E-state index is 9.93. The van der Waals surface area contributed by atoms with Crippen LogP contribution in [0.2, 0.25) is 0 Å². The molecule has 2 rings (SSSR count). The van der Waals surface area contributed by atoms with Gasteiger partial charge in [-0.2, -0.15) is 0 Å². The minimum Gasteiger partial charge on any atom is -0.497 e. The number of rotatable bonds is 6. The quantitative estimate of drug-likeness (QED) is 0.814. The van der Waals surface area contributed by atoms with Gasteiger partial charge in [0.2, 0.25) is 0 Å². The summed E-state index contributed by atoms with van der Waals surface area (Å²) in [7, 11) is 1.66. The lowest BCUT2D eigenvalue weighted by Crippen LogP contribution is -2.28. The zero-order valence-corrected chi connectivity index (χ0v) is 12.1. The summed E-state index contributed by atoms with van der Waals surface area (Å²) in [5.74, 6) is 0.851. The molecule has 0 bridgehead atoms. The highest BCUT2D eigenvalue weighted by Crippen LogP contribution is 2.17. The Morgan fingerprint density at radius 1 is 1.25 bits per heavy atom. The maximum Gasteiger partial charge on any atom is 0.118 e. The molecule has 1 heterocycles. The summed E-state index contributed by atoms with van der Waals surface area (Å²) in [5, 5.41) is 9.93. The van der Waals surface area contributed by atoms with Crippen molar-refractivity contribution in [2.24, 2.45) is 0 Å². The summed E-state index contributed by atoms with van der Waals surface area (Å²) in [6.07, 6.45) is 3.25. The van der Waals surface area contributed by atoms with Gasteiger partial charge >= 0.3 is 0 Å². The maximum atomic E-state index is 9.93. The zero-order valence-electron chi connectivity index (χ0n) is 12.1. The van der Waals surface area contributed by atoms with Crippen LogP contribution in [0.3, 0.4) is 0 Å². The molecule has 112 valence electrons. The number of methoxy groups -OCH3 is 1. The molecule has 1 N–H and O–H groups in total. The molecule has 0 unspecified atom stereocenters. The fourth-order valence-electron chi connectivity index (χ4n) is 2.37. The Balaban J connectivity index is 1.67. The molecule has 1 fully saturated rings.